The van der Waals surface area contributed by atoms with Crippen molar-refractivity contribution in [2.75, 3.05) is 0 Å². The molecule has 1 aromatic heterocycles. The van der Waals surface area contributed by atoms with Crippen LogP contribution in [0.1, 0.15) is 30.8 Å². The summed E-state index contributed by atoms with van der Waals surface area (Å²) < 4.78 is 3.63. The summed E-state index contributed by atoms with van der Waals surface area (Å²) in [5.41, 5.74) is 0.393. The van der Waals surface area contributed by atoms with Crippen molar-refractivity contribution in [2.24, 2.45) is 0 Å². The van der Waals surface area contributed by atoms with Gasteiger partial charge in [0.1, 0.15) is 0 Å². The van der Waals surface area contributed by atoms with Crippen LogP contribution in [0.5, 0.6) is 0 Å². The van der Waals surface area contributed by atoms with Crippen molar-refractivity contribution in [1.82, 2.24) is 14.9 Å². The molecule has 0 spiro atoms. The van der Waals surface area contributed by atoms with Gasteiger partial charge < -0.3 is 5.32 Å². The molecule has 0 fully saturated rings. The quantitative estimate of drug-likeness (QED) is 0.855. The second-order valence-corrected chi connectivity index (χ2v) is 5.35. The fourth-order valence-electron chi connectivity index (χ4n) is 1.11. The number of carbonyl (C=O) groups is 1. The number of aromatic nitrogens is 2. The van der Waals surface area contributed by atoms with Gasteiger partial charge in [-0.3, -0.25) is 4.79 Å². The highest BCUT2D eigenvalue weighted by Gasteiger charge is 2.13. The number of alkyl halides is 1. The van der Waals surface area contributed by atoms with Gasteiger partial charge in [0, 0.05) is 16.2 Å². The third kappa shape index (κ3) is 3.71. The topological polar surface area (TPSA) is 54.9 Å². The summed E-state index contributed by atoms with van der Waals surface area (Å²) in [6.45, 7) is 4.02. The SMILES string of the molecule is CC(Br)CC(C)NC(=O)c1csnn1. The van der Waals surface area contributed by atoms with E-state index in [-0.39, 0.29) is 11.9 Å². The van der Waals surface area contributed by atoms with Crippen LogP contribution < -0.4 is 5.32 Å². The predicted molar refractivity (Wildman–Crippen MR) is 59.8 cm³/mol. The Bertz CT molecular complexity index is 289. The summed E-state index contributed by atoms with van der Waals surface area (Å²) in [6, 6.07) is 0.138. The van der Waals surface area contributed by atoms with Gasteiger partial charge in [-0.2, -0.15) is 0 Å². The Labute approximate surface area is 95.4 Å². The van der Waals surface area contributed by atoms with E-state index in [0.717, 1.165) is 6.42 Å². The summed E-state index contributed by atoms with van der Waals surface area (Å²) in [5, 5.41) is 8.18. The lowest BCUT2D eigenvalue weighted by atomic mass is 10.2. The molecule has 1 aromatic rings. The zero-order valence-corrected chi connectivity index (χ0v) is 10.4. The lowest BCUT2D eigenvalue weighted by molar-refractivity contribution is 0.0933. The van der Waals surface area contributed by atoms with Crippen molar-refractivity contribution < 1.29 is 4.79 Å². The van der Waals surface area contributed by atoms with E-state index in [1.807, 2.05) is 13.8 Å². The average molecular weight is 278 g/mol. The maximum absolute atomic E-state index is 11.5. The van der Waals surface area contributed by atoms with Crippen LogP contribution in [0.4, 0.5) is 0 Å². The van der Waals surface area contributed by atoms with Crippen molar-refractivity contribution in [2.45, 2.75) is 31.1 Å². The molecule has 2 atom stereocenters. The van der Waals surface area contributed by atoms with Gasteiger partial charge in [-0.25, -0.2) is 0 Å². The molecular formula is C8H12BrN3OS. The molecular weight excluding hydrogens is 266 g/mol. The van der Waals surface area contributed by atoms with E-state index >= 15 is 0 Å². The number of nitrogens with one attached hydrogen (secondary N) is 1. The van der Waals surface area contributed by atoms with Crippen molar-refractivity contribution in [3.8, 4) is 0 Å². The van der Waals surface area contributed by atoms with Crippen molar-refractivity contribution in [1.29, 1.82) is 0 Å². The van der Waals surface area contributed by atoms with Crippen LogP contribution >= 0.6 is 27.5 Å². The smallest absolute Gasteiger partial charge is 0.272 e. The minimum absolute atomic E-state index is 0.138. The van der Waals surface area contributed by atoms with Crippen LogP contribution in [-0.2, 0) is 0 Å². The highest BCUT2D eigenvalue weighted by Crippen LogP contribution is 2.07. The molecule has 1 rings (SSSR count). The third-order valence-corrected chi connectivity index (χ3v) is 2.53. The number of nitrogens with zero attached hydrogens (tertiary/aromatic N) is 2. The molecule has 0 aliphatic carbocycles. The van der Waals surface area contributed by atoms with Crippen LogP contribution in [0, 0.1) is 0 Å². The first-order chi connectivity index (χ1) is 6.59. The summed E-state index contributed by atoms with van der Waals surface area (Å²) in [7, 11) is 0. The van der Waals surface area contributed by atoms with Crippen molar-refractivity contribution in [3.63, 3.8) is 0 Å². The Hall–Kier alpha value is -0.490. The Kier molecular flexibility index (Phi) is 4.47. The zero-order valence-electron chi connectivity index (χ0n) is 8.03. The fraction of sp³-hybridized carbons (Fsp3) is 0.625. The fourth-order valence-corrected chi connectivity index (χ4v) is 2.10. The molecule has 14 heavy (non-hydrogen) atoms. The predicted octanol–water partition coefficient (Wildman–Crippen LogP) is 1.83. The molecule has 0 aromatic carbocycles. The van der Waals surface area contributed by atoms with Crippen LogP contribution in [0.15, 0.2) is 5.38 Å². The van der Waals surface area contributed by atoms with Crippen LogP contribution in [0.3, 0.4) is 0 Å². The zero-order chi connectivity index (χ0) is 10.6. The molecule has 1 amide bonds. The maximum atomic E-state index is 11.5. The monoisotopic (exact) mass is 277 g/mol. The van der Waals surface area contributed by atoms with E-state index in [1.165, 1.54) is 11.5 Å². The first-order valence-corrected chi connectivity index (χ1v) is 6.07. The summed E-state index contributed by atoms with van der Waals surface area (Å²) in [6.07, 6.45) is 0.892. The largest absolute Gasteiger partial charge is 0.348 e. The third-order valence-electron chi connectivity index (χ3n) is 1.65. The number of carbonyl (C=O) groups excluding carboxylic acids is 1. The number of halogens is 1. The molecule has 4 nitrogen and oxygen atoms in total. The maximum Gasteiger partial charge on any atom is 0.272 e. The van der Waals surface area contributed by atoms with Gasteiger partial charge >= 0.3 is 0 Å². The minimum atomic E-state index is -0.153. The van der Waals surface area contributed by atoms with Gasteiger partial charge in [0.2, 0.25) is 0 Å². The van der Waals surface area contributed by atoms with Crippen LogP contribution in [0.2, 0.25) is 0 Å². The summed E-state index contributed by atoms with van der Waals surface area (Å²) >= 11 is 4.61. The molecule has 0 saturated heterocycles. The Balaban J connectivity index is 2.41. The number of hydrogen-bond donors (Lipinski definition) is 1. The van der Waals surface area contributed by atoms with Gasteiger partial charge in [0.25, 0.3) is 5.91 Å². The molecule has 1 N–H and O–H groups in total. The second-order valence-electron chi connectivity index (χ2n) is 3.18. The molecule has 1 heterocycles. The van der Waals surface area contributed by atoms with Crippen LogP contribution in [-0.4, -0.2) is 26.4 Å². The van der Waals surface area contributed by atoms with Gasteiger partial charge in [-0.05, 0) is 24.9 Å². The second kappa shape index (κ2) is 5.41. The number of rotatable bonds is 4. The van der Waals surface area contributed by atoms with Crippen molar-refractivity contribution in [3.05, 3.63) is 11.1 Å². The first kappa shape index (κ1) is 11.6. The molecule has 0 aliphatic heterocycles. The van der Waals surface area contributed by atoms with E-state index in [0.29, 0.717) is 10.5 Å². The average Bonchev–Trinajstić information content (AvgIpc) is 2.53. The molecule has 6 heteroatoms. The van der Waals surface area contributed by atoms with E-state index < -0.39 is 0 Å². The van der Waals surface area contributed by atoms with E-state index in [2.05, 4.69) is 30.8 Å². The van der Waals surface area contributed by atoms with Gasteiger partial charge in [0.05, 0.1) is 0 Å². The number of amides is 1. The van der Waals surface area contributed by atoms with Crippen LogP contribution in [0.25, 0.3) is 0 Å². The lowest BCUT2D eigenvalue weighted by Gasteiger charge is -2.13. The van der Waals surface area contributed by atoms with Gasteiger partial charge in [-0.15, -0.1) is 5.10 Å². The molecule has 78 valence electrons. The van der Waals surface area contributed by atoms with Gasteiger partial charge in [-0.1, -0.05) is 27.3 Å². The molecule has 0 saturated carbocycles. The summed E-state index contributed by atoms with van der Waals surface area (Å²) in [5.74, 6) is -0.153. The van der Waals surface area contributed by atoms with E-state index in [9.17, 15) is 4.79 Å². The van der Waals surface area contributed by atoms with Gasteiger partial charge in [0.15, 0.2) is 5.69 Å². The van der Waals surface area contributed by atoms with Crippen molar-refractivity contribution >= 4 is 33.4 Å². The Morgan fingerprint density at radius 1 is 1.71 bits per heavy atom. The molecule has 2 unspecified atom stereocenters. The number of hydrogen-bond acceptors (Lipinski definition) is 4. The highest BCUT2D eigenvalue weighted by molar-refractivity contribution is 9.09. The standard InChI is InChI=1S/C8H12BrN3OS/c1-5(9)3-6(2)10-8(13)7-4-14-12-11-7/h4-6H,3H2,1-2H3,(H,10,13). The lowest BCUT2D eigenvalue weighted by Crippen LogP contribution is -2.34. The Morgan fingerprint density at radius 2 is 2.43 bits per heavy atom. The molecule has 0 aliphatic rings. The molecule has 0 radical (unpaired) electrons. The first-order valence-electron chi connectivity index (χ1n) is 4.31. The molecule has 0 bridgehead atoms. The minimum Gasteiger partial charge on any atom is -0.348 e. The normalized spacial score (nSPS) is 14.8. The summed E-state index contributed by atoms with van der Waals surface area (Å²) in [4.78, 5) is 11.9. The van der Waals surface area contributed by atoms with E-state index in [4.69, 9.17) is 0 Å². The van der Waals surface area contributed by atoms with E-state index in [1.54, 1.807) is 5.38 Å². The Morgan fingerprint density at radius 3 is 2.93 bits per heavy atom. The highest BCUT2D eigenvalue weighted by atomic mass is 79.9.